The van der Waals surface area contributed by atoms with Crippen LogP contribution >= 0.6 is 38.9 Å². The zero-order valence-electron chi connectivity index (χ0n) is 25.6. The van der Waals surface area contributed by atoms with E-state index in [1.165, 1.54) is 11.3 Å². The molecular formula is C37H30BrClN2O5S. The van der Waals surface area contributed by atoms with Gasteiger partial charge >= 0.3 is 5.97 Å². The molecule has 0 spiro atoms. The fourth-order valence-corrected chi connectivity index (χ4v) is 6.69. The van der Waals surface area contributed by atoms with Gasteiger partial charge in [0.2, 0.25) is 0 Å². The van der Waals surface area contributed by atoms with Crippen LogP contribution in [-0.2, 0) is 16.1 Å². The van der Waals surface area contributed by atoms with Crippen LogP contribution in [-0.4, -0.2) is 23.8 Å². The van der Waals surface area contributed by atoms with Gasteiger partial charge in [-0.3, -0.25) is 9.36 Å². The highest BCUT2D eigenvalue weighted by Gasteiger charge is 2.35. The minimum atomic E-state index is -0.784. The van der Waals surface area contributed by atoms with E-state index in [9.17, 15) is 9.59 Å². The monoisotopic (exact) mass is 728 g/mol. The number of thiazole rings is 1. The summed E-state index contributed by atoms with van der Waals surface area (Å²) >= 11 is 11.0. The molecule has 0 N–H and O–H groups in total. The fourth-order valence-electron chi connectivity index (χ4n) is 5.30. The fraction of sp³-hybridized carbons (Fsp3) is 0.162. The van der Waals surface area contributed by atoms with Crippen molar-refractivity contribution in [3.63, 3.8) is 0 Å². The van der Waals surface area contributed by atoms with E-state index in [0.717, 1.165) is 21.2 Å². The van der Waals surface area contributed by atoms with Crippen molar-refractivity contribution < 1.29 is 19.0 Å². The van der Waals surface area contributed by atoms with Gasteiger partial charge in [-0.1, -0.05) is 99.5 Å². The van der Waals surface area contributed by atoms with Gasteiger partial charge in [0.05, 0.1) is 35.1 Å². The molecule has 0 bridgehead atoms. The van der Waals surface area contributed by atoms with Crippen LogP contribution in [0.1, 0.15) is 42.1 Å². The van der Waals surface area contributed by atoms with E-state index in [-0.39, 0.29) is 17.7 Å². The van der Waals surface area contributed by atoms with Crippen molar-refractivity contribution in [2.24, 2.45) is 4.99 Å². The molecule has 1 aliphatic rings. The van der Waals surface area contributed by atoms with E-state index in [1.54, 1.807) is 29.7 Å². The van der Waals surface area contributed by atoms with Crippen LogP contribution in [0.2, 0.25) is 5.02 Å². The molecule has 0 unspecified atom stereocenters. The first-order chi connectivity index (χ1) is 22.9. The number of ether oxygens (including phenoxy) is 3. The highest BCUT2D eigenvalue weighted by Crippen LogP contribution is 2.36. The minimum Gasteiger partial charge on any atom is -0.490 e. The van der Waals surface area contributed by atoms with E-state index >= 15 is 0 Å². The average molecular weight is 730 g/mol. The van der Waals surface area contributed by atoms with Gasteiger partial charge in [0, 0.05) is 15.1 Å². The standard InChI is InChI=1S/C37H30BrClN2O5S/c1-3-44-30-20-24(12-19-29(30)46-22-23-10-15-27(38)16-11-23)21-31-35(42)41-34(26-13-17-28(39)18-14-26)32(36(43)45-4-2)33(40-37(41)47-31)25-8-6-5-7-9-25/h5-21,34H,3-4,22H2,1-2H3/b31-21-/t34-/m0/s1. The van der Waals surface area contributed by atoms with E-state index in [4.69, 9.17) is 30.8 Å². The Morgan fingerprint density at radius 3 is 2.38 bits per heavy atom. The molecule has 0 fully saturated rings. The average Bonchev–Trinajstić information content (AvgIpc) is 3.39. The molecule has 4 aromatic carbocycles. The van der Waals surface area contributed by atoms with Gasteiger partial charge in [-0.2, -0.15) is 0 Å². The number of esters is 1. The van der Waals surface area contributed by atoms with Crippen molar-refractivity contribution in [3.05, 3.63) is 154 Å². The second kappa shape index (κ2) is 14.5. The third-order valence-electron chi connectivity index (χ3n) is 7.43. The largest absolute Gasteiger partial charge is 0.490 e. The first-order valence-corrected chi connectivity index (χ1v) is 17.0. The molecule has 0 amide bonds. The number of nitrogens with zero attached hydrogens (tertiary/aromatic N) is 2. The van der Waals surface area contributed by atoms with Crippen molar-refractivity contribution >= 4 is 56.6 Å². The second-order valence-corrected chi connectivity index (χ2v) is 12.9. The molecule has 0 saturated carbocycles. The quantitative estimate of drug-likeness (QED) is 0.141. The van der Waals surface area contributed by atoms with Gasteiger partial charge < -0.3 is 14.2 Å². The Bertz CT molecular complexity index is 2130. The lowest BCUT2D eigenvalue weighted by Crippen LogP contribution is -2.40. The van der Waals surface area contributed by atoms with Crippen LogP contribution in [0.25, 0.3) is 11.8 Å². The lowest BCUT2D eigenvalue weighted by molar-refractivity contribution is -0.138. The number of aromatic nitrogens is 1. The number of halogens is 2. The second-order valence-electron chi connectivity index (χ2n) is 10.5. The van der Waals surface area contributed by atoms with Crippen LogP contribution in [0.4, 0.5) is 0 Å². The van der Waals surface area contributed by atoms with Crippen LogP contribution in [0.5, 0.6) is 11.5 Å². The summed E-state index contributed by atoms with van der Waals surface area (Å²) in [5.74, 6) is 0.633. The molecule has 238 valence electrons. The molecule has 2 heterocycles. The van der Waals surface area contributed by atoms with E-state index < -0.39 is 12.0 Å². The molecule has 47 heavy (non-hydrogen) atoms. The summed E-state index contributed by atoms with van der Waals surface area (Å²) in [6.07, 6.45) is 1.81. The van der Waals surface area contributed by atoms with Crippen LogP contribution in [0.3, 0.4) is 0 Å². The minimum absolute atomic E-state index is 0.174. The Morgan fingerprint density at radius 2 is 1.68 bits per heavy atom. The van der Waals surface area contributed by atoms with Crippen molar-refractivity contribution in [2.75, 3.05) is 13.2 Å². The highest BCUT2D eigenvalue weighted by molar-refractivity contribution is 9.10. The summed E-state index contributed by atoms with van der Waals surface area (Å²) in [4.78, 5) is 33.2. The number of carbonyl (C=O) groups is 1. The predicted octanol–water partition coefficient (Wildman–Crippen LogP) is 7.33. The molecule has 1 aliphatic heterocycles. The predicted molar refractivity (Wildman–Crippen MR) is 189 cm³/mol. The molecule has 1 aromatic heterocycles. The van der Waals surface area contributed by atoms with Crippen LogP contribution < -0.4 is 24.4 Å². The smallest absolute Gasteiger partial charge is 0.338 e. The number of hydrogen-bond acceptors (Lipinski definition) is 7. The molecular weight excluding hydrogens is 700 g/mol. The Balaban J connectivity index is 1.47. The molecule has 10 heteroatoms. The zero-order chi connectivity index (χ0) is 32.9. The van der Waals surface area contributed by atoms with Gasteiger partial charge in [0.15, 0.2) is 16.3 Å². The molecule has 0 saturated heterocycles. The number of carbonyl (C=O) groups excluding carboxylic acids is 1. The lowest BCUT2D eigenvalue weighted by Gasteiger charge is -2.25. The van der Waals surface area contributed by atoms with Gasteiger partial charge in [-0.25, -0.2) is 9.79 Å². The van der Waals surface area contributed by atoms with Gasteiger partial charge in [0.1, 0.15) is 6.61 Å². The van der Waals surface area contributed by atoms with Gasteiger partial charge in [-0.15, -0.1) is 0 Å². The SMILES string of the molecule is CCOC(=O)C1=C(c2ccccc2)N=c2s/c(=C\c3ccc(OCc4ccc(Br)cc4)c(OCC)c3)c(=O)n2[C@H]1c1ccc(Cl)cc1. The van der Waals surface area contributed by atoms with E-state index in [1.807, 2.05) is 91.9 Å². The molecule has 0 radical (unpaired) electrons. The number of fused-ring (bicyclic) bond motifs is 1. The van der Waals surface area contributed by atoms with Gasteiger partial charge in [0.25, 0.3) is 5.56 Å². The number of hydrogen-bond donors (Lipinski definition) is 0. The first-order valence-electron chi connectivity index (χ1n) is 15.0. The maximum absolute atomic E-state index is 14.2. The zero-order valence-corrected chi connectivity index (χ0v) is 28.8. The number of rotatable bonds is 10. The maximum Gasteiger partial charge on any atom is 0.338 e. The lowest BCUT2D eigenvalue weighted by atomic mass is 9.93. The summed E-state index contributed by atoms with van der Waals surface area (Å²) in [6.45, 7) is 4.66. The number of benzene rings is 4. The summed E-state index contributed by atoms with van der Waals surface area (Å²) in [5.41, 5.74) is 3.69. The Labute approximate surface area is 289 Å². The topological polar surface area (TPSA) is 79.1 Å². The van der Waals surface area contributed by atoms with Gasteiger partial charge in [-0.05, 0) is 73.0 Å². The third kappa shape index (κ3) is 7.12. The normalized spacial score (nSPS) is 14.4. The van der Waals surface area contributed by atoms with Crippen molar-refractivity contribution in [2.45, 2.75) is 26.5 Å². The van der Waals surface area contributed by atoms with Crippen molar-refractivity contribution in [3.8, 4) is 11.5 Å². The van der Waals surface area contributed by atoms with Crippen molar-refractivity contribution in [1.82, 2.24) is 4.57 Å². The molecule has 7 nitrogen and oxygen atoms in total. The van der Waals surface area contributed by atoms with E-state index in [0.29, 0.717) is 50.3 Å². The Hall–Kier alpha value is -4.44. The highest BCUT2D eigenvalue weighted by atomic mass is 79.9. The van der Waals surface area contributed by atoms with Crippen molar-refractivity contribution in [1.29, 1.82) is 0 Å². The summed E-state index contributed by atoms with van der Waals surface area (Å²) in [5, 5.41) is 0.542. The van der Waals surface area contributed by atoms with Crippen LogP contribution in [0.15, 0.2) is 117 Å². The Kier molecular flexibility index (Phi) is 10.1. The summed E-state index contributed by atoms with van der Waals surface area (Å²) in [6, 6.07) is 29.3. The van der Waals surface area contributed by atoms with E-state index in [2.05, 4.69) is 15.9 Å². The summed E-state index contributed by atoms with van der Waals surface area (Å²) in [7, 11) is 0. The summed E-state index contributed by atoms with van der Waals surface area (Å²) < 4.78 is 20.6. The maximum atomic E-state index is 14.2. The molecule has 1 atom stereocenters. The third-order valence-corrected chi connectivity index (χ3v) is 9.20. The Morgan fingerprint density at radius 1 is 0.936 bits per heavy atom. The molecule has 5 aromatic rings. The molecule has 6 rings (SSSR count). The first kappa shape index (κ1) is 32.5. The molecule has 0 aliphatic carbocycles. The van der Waals surface area contributed by atoms with Crippen LogP contribution in [0, 0.1) is 0 Å².